The van der Waals surface area contributed by atoms with Crippen molar-refractivity contribution in [3.63, 3.8) is 0 Å². The van der Waals surface area contributed by atoms with Gasteiger partial charge in [-0.05, 0) is 19.8 Å². The third-order valence-electron chi connectivity index (χ3n) is 1.60. The van der Waals surface area contributed by atoms with Gasteiger partial charge in [0.2, 0.25) is 0 Å². The van der Waals surface area contributed by atoms with E-state index in [1.54, 1.807) is 0 Å². The van der Waals surface area contributed by atoms with E-state index >= 15 is 0 Å². The van der Waals surface area contributed by atoms with Crippen LogP contribution >= 0.6 is 0 Å². The monoisotopic (exact) mass is 128 g/mol. The van der Waals surface area contributed by atoms with Crippen molar-refractivity contribution in [2.75, 3.05) is 26.4 Å². The molecule has 0 aromatic carbocycles. The normalized spacial score (nSPS) is 23.7. The van der Waals surface area contributed by atoms with Gasteiger partial charge in [-0.3, -0.25) is 4.90 Å². The average Bonchev–Trinajstić information content (AvgIpc) is 2.13. The summed E-state index contributed by atoms with van der Waals surface area (Å²) in [5.74, 6) is 0. The van der Waals surface area contributed by atoms with Gasteiger partial charge in [0.15, 0.2) is 0 Å². The van der Waals surface area contributed by atoms with E-state index in [-0.39, 0.29) is 0 Å². The number of hydrogen-bond donors (Lipinski definition) is 0. The summed E-state index contributed by atoms with van der Waals surface area (Å²) in [6, 6.07) is 0. The second-order valence-electron chi connectivity index (χ2n) is 2.36. The first kappa shape index (κ1) is 7.03. The molecule has 1 aliphatic heterocycles. The fourth-order valence-electron chi connectivity index (χ4n) is 0.974. The van der Waals surface area contributed by atoms with Gasteiger partial charge >= 0.3 is 0 Å². The fourth-order valence-corrected chi connectivity index (χ4v) is 0.974. The van der Waals surface area contributed by atoms with E-state index in [0.717, 1.165) is 26.4 Å². The lowest BCUT2D eigenvalue weighted by molar-refractivity contribution is 0.0562. The van der Waals surface area contributed by atoms with Crippen LogP contribution in [0, 0.1) is 6.92 Å². The van der Waals surface area contributed by atoms with Crippen molar-refractivity contribution in [3.8, 4) is 0 Å². The van der Waals surface area contributed by atoms with Crippen molar-refractivity contribution >= 4 is 0 Å². The molecule has 1 heterocycles. The maximum Gasteiger partial charge on any atom is 0.0990 e. The van der Waals surface area contributed by atoms with Gasteiger partial charge in [-0.15, -0.1) is 0 Å². The van der Waals surface area contributed by atoms with E-state index in [2.05, 4.69) is 11.8 Å². The summed E-state index contributed by atoms with van der Waals surface area (Å²) in [4.78, 5) is 2.22. The number of ether oxygens (including phenoxy) is 1. The van der Waals surface area contributed by atoms with Crippen LogP contribution in [0.15, 0.2) is 0 Å². The number of rotatable bonds is 1. The second kappa shape index (κ2) is 3.85. The van der Waals surface area contributed by atoms with Gasteiger partial charge in [-0.25, -0.2) is 0 Å². The quantitative estimate of drug-likeness (QED) is 0.520. The predicted molar refractivity (Wildman–Crippen MR) is 37.0 cm³/mol. The van der Waals surface area contributed by atoms with Crippen molar-refractivity contribution in [1.29, 1.82) is 0 Å². The van der Waals surface area contributed by atoms with E-state index in [4.69, 9.17) is 4.74 Å². The number of nitrogens with zero attached hydrogens (tertiary/aromatic N) is 1. The highest BCUT2D eigenvalue weighted by atomic mass is 16.5. The molecule has 0 amide bonds. The molecule has 0 atom stereocenters. The summed E-state index contributed by atoms with van der Waals surface area (Å²) in [6.07, 6.45) is 2.46. The van der Waals surface area contributed by atoms with Crippen LogP contribution in [0.25, 0.3) is 0 Å². The van der Waals surface area contributed by atoms with Crippen LogP contribution in [0.1, 0.15) is 12.8 Å². The van der Waals surface area contributed by atoms with Crippen molar-refractivity contribution in [1.82, 2.24) is 4.90 Å². The largest absolute Gasteiger partial charge is 0.366 e. The Labute approximate surface area is 56.8 Å². The zero-order chi connectivity index (χ0) is 6.53. The highest BCUT2D eigenvalue weighted by Crippen LogP contribution is 2.01. The Hall–Kier alpha value is -0.0800. The van der Waals surface area contributed by atoms with Crippen LogP contribution in [-0.2, 0) is 4.74 Å². The number of hydrogen-bond acceptors (Lipinski definition) is 2. The third kappa shape index (κ3) is 2.33. The van der Waals surface area contributed by atoms with E-state index in [0.29, 0.717) is 0 Å². The lowest BCUT2D eigenvalue weighted by atomic mass is 10.3. The van der Waals surface area contributed by atoms with Gasteiger partial charge in [0.25, 0.3) is 0 Å². The van der Waals surface area contributed by atoms with E-state index in [1.807, 2.05) is 0 Å². The smallest absolute Gasteiger partial charge is 0.0990 e. The highest BCUT2D eigenvalue weighted by molar-refractivity contribution is 4.57. The summed E-state index contributed by atoms with van der Waals surface area (Å²) < 4.78 is 5.28. The minimum Gasteiger partial charge on any atom is -0.366 e. The molecule has 0 aliphatic carbocycles. The van der Waals surface area contributed by atoms with Crippen LogP contribution in [-0.4, -0.2) is 31.3 Å². The second-order valence-corrected chi connectivity index (χ2v) is 2.36. The molecule has 1 aliphatic rings. The zero-order valence-corrected chi connectivity index (χ0v) is 5.81. The fraction of sp³-hybridized carbons (Fsp3) is 0.857. The van der Waals surface area contributed by atoms with Gasteiger partial charge < -0.3 is 4.74 Å². The summed E-state index contributed by atoms with van der Waals surface area (Å²) in [5.41, 5.74) is 0. The van der Waals surface area contributed by atoms with Crippen molar-refractivity contribution in [2.24, 2.45) is 0 Å². The maximum atomic E-state index is 5.28. The molecule has 0 spiro atoms. The molecular formula is C7H14NO. The topological polar surface area (TPSA) is 12.5 Å². The van der Waals surface area contributed by atoms with Gasteiger partial charge in [-0.2, -0.15) is 0 Å². The highest BCUT2D eigenvalue weighted by Gasteiger charge is 2.04. The molecule has 0 bridgehead atoms. The molecule has 2 heteroatoms. The first-order valence-electron chi connectivity index (χ1n) is 3.53. The van der Waals surface area contributed by atoms with E-state index in [9.17, 15) is 0 Å². The molecule has 0 aromatic rings. The summed E-state index contributed by atoms with van der Waals surface area (Å²) in [6.45, 7) is 7.54. The lowest BCUT2D eigenvalue weighted by Gasteiger charge is -2.15. The van der Waals surface area contributed by atoms with Crippen LogP contribution in [0.2, 0.25) is 0 Å². The molecule has 0 unspecified atom stereocenters. The predicted octanol–water partition coefficient (Wildman–Crippen LogP) is 0.890. The van der Waals surface area contributed by atoms with Crippen molar-refractivity contribution in [3.05, 3.63) is 6.92 Å². The zero-order valence-electron chi connectivity index (χ0n) is 5.81. The van der Waals surface area contributed by atoms with E-state index < -0.39 is 0 Å². The van der Waals surface area contributed by atoms with Gasteiger partial charge in [0, 0.05) is 19.7 Å². The third-order valence-corrected chi connectivity index (χ3v) is 1.60. The molecule has 0 aromatic heterocycles. The van der Waals surface area contributed by atoms with Crippen LogP contribution in [0.4, 0.5) is 0 Å². The first-order chi connectivity index (χ1) is 4.43. The molecule has 0 N–H and O–H groups in total. The standard InChI is InChI=1S/C7H14NO/c1-2-8-5-3-4-6-9-7-8/h1-7H2. The summed E-state index contributed by atoms with van der Waals surface area (Å²) >= 11 is 0. The van der Waals surface area contributed by atoms with Crippen molar-refractivity contribution in [2.45, 2.75) is 12.8 Å². The Kier molecular flexibility index (Phi) is 3.01. The molecule has 1 rings (SSSR count). The Morgan fingerprint density at radius 3 is 3.11 bits per heavy atom. The minimum absolute atomic E-state index is 0.781. The molecule has 1 radical (unpaired) electrons. The molecule has 1 saturated heterocycles. The van der Waals surface area contributed by atoms with Crippen molar-refractivity contribution < 1.29 is 4.74 Å². The van der Waals surface area contributed by atoms with E-state index in [1.165, 1.54) is 12.8 Å². The Bertz CT molecular complexity index is 67.3. The van der Waals surface area contributed by atoms with Crippen LogP contribution in [0.3, 0.4) is 0 Å². The van der Waals surface area contributed by atoms with Gasteiger partial charge in [-0.1, -0.05) is 0 Å². The van der Waals surface area contributed by atoms with Gasteiger partial charge in [0.05, 0.1) is 6.73 Å². The molecule has 1 fully saturated rings. The minimum atomic E-state index is 0.781. The Morgan fingerprint density at radius 2 is 2.33 bits per heavy atom. The summed E-state index contributed by atoms with van der Waals surface area (Å²) in [5, 5.41) is 0. The Balaban J connectivity index is 2.18. The Morgan fingerprint density at radius 1 is 1.44 bits per heavy atom. The lowest BCUT2D eigenvalue weighted by Crippen LogP contribution is -2.25. The molecule has 2 nitrogen and oxygen atoms in total. The maximum absolute atomic E-state index is 5.28. The molecule has 9 heavy (non-hydrogen) atoms. The SMILES string of the molecule is [CH2]CN1CCCCOC1. The molecular weight excluding hydrogens is 114 g/mol. The molecule has 0 saturated carbocycles. The first-order valence-corrected chi connectivity index (χ1v) is 3.53. The van der Waals surface area contributed by atoms with Crippen LogP contribution in [0.5, 0.6) is 0 Å². The average molecular weight is 128 g/mol. The molecule has 53 valence electrons. The van der Waals surface area contributed by atoms with Gasteiger partial charge in [0.1, 0.15) is 0 Å². The summed E-state index contributed by atoms with van der Waals surface area (Å²) in [7, 11) is 0. The van der Waals surface area contributed by atoms with Crippen LogP contribution < -0.4 is 0 Å².